The third kappa shape index (κ3) is 2.98. The second kappa shape index (κ2) is 3.30. The van der Waals surface area contributed by atoms with Crippen molar-refractivity contribution in [2.75, 3.05) is 0 Å². The van der Waals surface area contributed by atoms with Crippen molar-refractivity contribution in [2.24, 2.45) is 5.41 Å². The molecule has 0 bridgehead atoms. The predicted molar refractivity (Wildman–Crippen MR) is 53.9 cm³/mol. The lowest BCUT2D eigenvalue weighted by atomic mass is 9.88. The Bertz CT molecular complexity index is 172. The van der Waals surface area contributed by atoms with E-state index in [1.165, 1.54) is 30.2 Å². The van der Waals surface area contributed by atoms with Crippen molar-refractivity contribution < 1.29 is 0 Å². The molecule has 0 saturated heterocycles. The zero-order valence-electron chi connectivity index (χ0n) is 7.71. The van der Waals surface area contributed by atoms with Crippen LogP contribution in [0.15, 0.2) is 10.1 Å². The highest BCUT2D eigenvalue weighted by molar-refractivity contribution is 9.11. The van der Waals surface area contributed by atoms with Crippen LogP contribution in [0.5, 0.6) is 0 Å². The Morgan fingerprint density at radius 1 is 1.27 bits per heavy atom. The van der Waals surface area contributed by atoms with E-state index in [-0.39, 0.29) is 0 Å². The van der Waals surface area contributed by atoms with Crippen LogP contribution in [0, 0.1) is 5.41 Å². The molecule has 0 spiro atoms. The van der Waals surface area contributed by atoms with Gasteiger partial charge in [0.2, 0.25) is 0 Å². The summed E-state index contributed by atoms with van der Waals surface area (Å²) in [6.45, 7) is 6.91. The fraction of sp³-hybridized carbons (Fsp3) is 0.800. The van der Waals surface area contributed by atoms with E-state index in [1.54, 1.807) is 5.57 Å². The van der Waals surface area contributed by atoms with Crippen molar-refractivity contribution in [3.05, 3.63) is 10.1 Å². The lowest BCUT2D eigenvalue weighted by molar-refractivity contribution is 0.406. The molecule has 1 heteroatoms. The van der Waals surface area contributed by atoms with Gasteiger partial charge in [0.05, 0.1) is 0 Å². The SMILES string of the molecule is CC(C)(C)CC1=C(Br)CCC1. The quantitative estimate of drug-likeness (QED) is 0.615. The van der Waals surface area contributed by atoms with E-state index < -0.39 is 0 Å². The topological polar surface area (TPSA) is 0 Å². The molecule has 0 heterocycles. The molecule has 0 atom stereocenters. The molecule has 64 valence electrons. The van der Waals surface area contributed by atoms with Gasteiger partial charge in [-0.1, -0.05) is 42.3 Å². The van der Waals surface area contributed by atoms with Gasteiger partial charge >= 0.3 is 0 Å². The number of hydrogen-bond donors (Lipinski definition) is 0. The Labute approximate surface area is 78.2 Å². The standard InChI is InChI=1S/C10H17Br/c1-10(2,3)7-8-5-4-6-9(8)11/h4-7H2,1-3H3. The summed E-state index contributed by atoms with van der Waals surface area (Å²) >= 11 is 3.64. The second-order valence-corrected chi connectivity index (χ2v) is 5.56. The maximum absolute atomic E-state index is 3.64. The average Bonchev–Trinajstić information content (AvgIpc) is 2.12. The molecule has 1 rings (SSSR count). The number of halogens is 1. The van der Waals surface area contributed by atoms with Gasteiger partial charge in [-0.05, 0) is 35.6 Å². The molecule has 0 fully saturated rings. The molecule has 0 aromatic heterocycles. The highest BCUT2D eigenvalue weighted by atomic mass is 79.9. The van der Waals surface area contributed by atoms with Gasteiger partial charge in [-0.25, -0.2) is 0 Å². The highest BCUT2D eigenvalue weighted by Gasteiger charge is 2.18. The Morgan fingerprint density at radius 3 is 2.27 bits per heavy atom. The first-order chi connectivity index (χ1) is 4.99. The van der Waals surface area contributed by atoms with Crippen molar-refractivity contribution in [2.45, 2.75) is 46.5 Å². The van der Waals surface area contributed by atoms with Crippen molar-refractivity contribution in [3.8, 4) is 0 Å². The third-order valence-corrected chi connectivity index (χ3v) is 2.96. The second-order valence-electron chi connectivity index (χ2n) is 4.60. The fourth-order valence-electron chi connectivity index (χ4n) is 1.59. The van der Waals surface area contributed by atoms with Crippen LogP contribution in [-0.2, 0) is 0 Å². The Balaban J connectivity index is 2.56. The summed E-state index contributed by atoms with van der Waals surface area (Å²) in [5, 5.41) is 0. The van der Waals surface area contributed by atoms with Gasteiger partial charge in [0.1, 0.15) is 0 Å². The van der Waals surface area contributed by atoms with E-state index in [0.717, 1.165) is 0 Å². The van der Waals surface area contributed by atoms with Crippen LogP contribution < -0.4 is 0 Å². The largest absolute Gasteiger partial charge is 0.0599 e. The van der Waals surface area contributed by atoms with E-state index in [0.29, 0.717) is 5.41 Å². The van der Waals surface area contributed by atoms with Crippen LogP contribution in [0.3, 0.4) is 0 Å². The molecule has 0 nitrogen and oxygen atoms in total. The van der Waals surface area contributed by atoms with Crippen LogP contribution >= 0.6 is 15.9 Å². The van der Waals surface area contributed by atoms with Crippen molar-refractivity contribution >= 4 is 15.9 Å². The van der Waals surface area contributed by atoms with E-state index in [1.807, 2.05) is 0 Å². The highest BCUT2D eigenvalue weighted by Crippen LogP contribution is 2.37. The monoisotopic (exact) mass is 216 g/mol. The van der Waals surface area contributed by atoms with Crippen molar-refractivity contribution in [1.82, 2.24) is 0 Å². The predicted octanol–water partition coefficient (Wildman–Crippen LogP) is 4.26. The fourth-order valence-corrected chi connectivity index (χ4v) is 2.21. The zero-order valence-corrected chi connectivity index (χ0v) is 9.29. The molecule has 1 aliphatic carbocycles. The van der Waals surface area contributed by atoms with Gasteiger partial charge in [-0.3, -0.25) is 0 Å². The number of allylic oxidation sites excluding steroid dienone is 2. The Morgan fingerprint density at radius 2 is 1.91 bits per heavy atom. The van der Waals surface area contributed by atoms with Gasteiger partial charge in [0.25, 0.3) is 0 Å². The molecule has 0 aromatic carbocycles. The average molecular weight is 217 g/mol. The molecule has 1 aliphatic rings. The lowest BCUT2D eigenvalue weighted by Gasteiger charge is -2.19. The summed E-state index contributed by atoms with van der Waals surface area (Å²) < 4.78 is 1.48. The zero-order chi connectivity index (χ0) is 8.48. The Hall–Kier alpha value is 0.220. The van der Waals surface area contributed by atoms with E-state index in [9.17, 15) is 0 Å². The summed E-state index contributed by atoms with van der Waals surface area (Å²) in [6, 6.07) is 0. The number of hydrogen-bond acceptors (Lipinski definition) is 0. The summed E-state index contributed by atoms with van der Waals surface area (Å²) in [7, 11) is 0. The first kappa shape index (κ1) is 9.31. The molecule has 0 amide bonds. The van der Waals surface area contributed by atoms with E-state index in [2.05, 4.69) is 36.7 Å². The summed E-state index contributed by atoms with van der Waals surface area (Å²) in [4.78, 5) is 0. The molecule has 11 heavy (non-hydrogen) atoms. The molecule has 0 aliphatic heterocycles. The van der Waals surface area contributed by atoms with E-state index in [4.69, 9.17) is 0 Å². The minimum Gasteiger partial charge on any atom is -0.0599 e. The molecular formula is C10H17Br. The number of rotatable bonds is 1. The van der Waals surface area contributed by atoms with Crippen LogP contribution in [0.25, 0.3) is 0 Å². The normalized spacial score (nSPS) is 19.6. The molecule has 0 radical (unpaired) electrons. The Kier molecular flexibility index (Phi) is 2.79. The van der Waals surface area contributed by atoms with Gasteiger partial charge < -0.3 is 0 Å². The first-order valence-electron chi connectivity index (χ1n) is 4.35. The smallest absolute Gasteiger partial charge is 0.00570 e. The molecular weight excluding hydrogens is 200 g/mol. The third-order valence-electron chi connectivity index (χ3n) is 2.00. The summed E-state index contributed by atoms with van der Waals surface area (Å²) in [5.74, 6) is 0. The molecule has 0 saturated carbocycles. The van der Waals surface area contributed by atoms with Crippen molar-refractivity contribution in [3.63, 3.8) is 0 Å². The van der Waals surface area contributed by atoms with Crippen LogP contribution in [0.1, 0.15) is 46.5 Å². The lowest BCUT2D eigenvalue weighted by Crippen LogP contribution is -2.05. The summed E-state index contributed by atoms with van der Waals surface area (Å²) in [6.07, 6.45) is 5.20. The molecule has 0 N–H and O–H groups in total. The summed E-state index contributed by atoms with van der Waals surface area (Å²) in [5.41, 5.74) is 2.11. The maximum Gasteiger partial charge on any atom is -0.00570 e. The van der Waals surface area contributed by atoms with Gasteiger partial charge in [0.15, 0.2) is 0 Å². The maximum atomic E-state index is 3.64. The van der Waals surface area contributed by atoms with Gasteiger partial charge in [-0.15, -0.1) is 0 Å². The minimum absolute atomic E-state index is 0.457. The molecule has 0 aromatic rings. The van der Waals surface area contributed by atoms with Gasteiger partial charge in [0, 0.05) is 0 Å². The van der Waals surface area contributed by atoms with Crippen molar-refractivity contribution in [1.29, 1.82) is 0 Å². The first-order valence-corrected chi connectivity index (χ1v) is 5.15. The van der Waals surface area contributed by atoms with Crippen LogP contribution in [-0.4, -0.2) is 0 Å². The van der Waals surface area contributed by atoms with Crippen LogP contribution in [0.4, 0.5) is 0 Å². The minimum atomic E-state index is 0.457. The van der Waals surface area contributed by atoms with Gasteiger partial charge in [-0.2, -0.15) is 0 Å². The molecule has 0 unspecified atom stereocenters. The van der Waals surface area contributed by atoms with E-state index >= 15 is 0 Å². The van der Waals surface area contributed by atoms with Crippen LogP contribution in [0.2, 0.25) is 0 Å².